The molecule has 6 heteroatoms. The van der Waals surface area contributed by atoms with Gasteiger partial charge >= 0.3 is 0 Å². The Morgan fingerprint density at radius 1 is 1.27 bits per heavy atom. The molecule has 0 atom stereocenters. The number of carbonyl (C=O) groups is 2. The minimum absolute atomic E-state index is 0.00497. The quantitative estimate of drug-likeness (QED) is 0.780. The fraction of sp³-hybridized carbons (Fsp3) is 0.500. The second-order valence-corrected chi connectivity index (χ2v) is 6.06. The molecule has 1 aromatic carbocycles. The lowest BCUT2D eigenvalue weighted by atomic mass is 9.93. The number of halogens is 1. The monoisotopic (exact) mass is 323 g/mol. The zero-order valence-corrected chi connectivity index (χ0v) is 13.5. The molecular formula is C16H22ClN3O2. The molecule has 1 aliphatic heterocycles. The van der Waals surface area contributed by atoms with Gasteiger partial charge in [-0.2, -0.15) is 0 Å². The number of hydrogen-bond acceptors (Lipinski definition) is 3. The van der Waals surface area contributed by atoms with E-state index in [4.69, 9.17) is 11.6 Å². The summed E-state index contributed by atoms with van der Waals surface area (Å²) < 4.78 is 0. The van der Waals surface area contributed by atoms with E-state index in [1.54, 1.807) is 18.2 Å². The zero-order chi connectivity index (χ0) is 15.9. The molecule has 0 aliphatic carbocycles. The molecule has 0 saturated carbocycles. The van der Waals surface area contributed by atoms with Crippen LogP contribution >= 0.6 is 11.6 Å². The lowest BCUT2D eigenvalue weighted by Crippen LogP contribution is -2.28. The molecule has 0 aromatic heterocycles. The standard InChI is InChI=1S/C16H22ClN3O2/c1-11(21)19-15-10-13(3-4-14(15)17)20-16(22)5-2-12-6-8-18-9-7-12/h3-4,10,12,18H,2,5-9H2,1H3,(H,19,21)(H,20,22). The molecule has 0 unspecified atom stereocenters. The third-order valence-corrected chi connectivity index (χ3v) is 4.13. The summed E-state index contributed by atoms with van der Waals surface area (Å²) in [7, 11) is 0. The molecule has 1 fully saturated rings. The largest absolute Gasteiger partial charge is 0.326 e. The highest BCUT2D eigenvalue weighted by atomic mass is 35.5. The summed E-state index contributed by atoms with van der Waals surface area (Å²) >= 11 is 6.01. The van der Waals surface area contributed by atoms with Gasteiger partial charge in [0, 0.05) is 19.0 Å². The Kier molecular flexibility index (Phi) is 6.21. The molecule has 22 heavy (non-hydrogen) atoms. The van der Waals surface area contributed by atoms with Gasteiger partial charge in [0.05, 0.1) is 10.7 Å². The molecule has 0 spiro atoms. The number of anilines is 2. The maximum atomic E-state index is 12.0. The van der Waals surface area contributed by atoms with Crippen molar-refractivity contribution in [2.75, 3.05) is 23.7 Å². The number of amides is 2. The lowest BCUT2D eigenvalue weighted by molar-refractivity contribution is -0.116. The lowest BCUT2D eigenvalue weighted by Gasteiger charge is -2.22. The molecule has 5 nitrogen and oxygen atoms in total. The van der Waals surface area contributed by atoms with E-state index in [2.05, 4.69) is 16.0 Å². The molecule has 120 valence electrons. The summed E-state index contributed by atoms with van der Waals surface area (Å²) in [5, 5.41) is 9.27. The van der Waals surface area contributed by atoms with Crippen LogP contribution in [0.25, 0.3) is 0 Å². The van der Waals surface area contributed by atoms with Gasteiger partial charge in [-0.25, -0.2) is 0 Å². The molecule has 2 amide bonds. The maximum Gasteiger partial charge on any atom is 0.224 e. The molecule has 0 radical (unpaired) electrons. The van der Waals surface area contributed by atoms with E-state index in [0.29, 0.717) is 28.7 Å². The Labute approximate surface area is 135 Å². The Morgan fingerprint density at radius 2 is 2.00 bits per heavy atom. The fourth-order valence-corrected chi connectivity index (χ4v) is 2.78. The van der Waals surface area contributed by atoms with Crippen molar-refractivity contribution in [3.05, 3.63) is 23.2 Å². The van der Waals surface area contributed by atoms with E-state index in [-0.39, 0.29) is 11.8 Å². The third kappa shape index (κ3) is 5.31. The molecule has 1 aromatic rings. The summed E-state index contributed by atoms with van der Waals surface area (Å²) in [5.74, 6) is 0.429. The molecule has 1 aliphatic rings. The smallest absolute Gasteiger partial charge is 0.224 e. The van der Waals surface area contributed by atoms with Crippen LogP contribution in [0.4, 0.5) is 11.4 Å². The van der Waals surface area contributed by atoms with Crippen molar-refractivity contribution in [3.63, 3.8) is 0 Å². The highest BCUT2D eigenvalue weighted by molar-refractivity contribution is 6.33. The van der Waals surface area contributed by atoms with Crippen molar-refractivity contribution in [3.8, 4) is 0 Å². The number of carbonyl (C=O) groups excluding carboxylic acids is 2. The van der Waals surface area contributed by atoms with Crippen LogP contribution < -0.4 is 16.0 Å². The van der Waals surface area contributed by atoms with Crippen LogP contribution in [0.2, 0.25) is 5.02 Å². The highest BCUT2D eigenvalue weighted by Crippen LogP contribution is 2.26. The number of rotatable bonds is 5. The van der Waals surface area contributed by atoms with Gasteiger partial charge in [0.15, 0.2) is 0 Å². The Morgan fingerprint density at radius 3 is 2.68 bits per heavy atom. The molecule has 2 rings (SSSR count). The van der Waals surface area contributed by atoms with Crippen LogP contribution in [-0.4, -0.2) is 24.9 Å². The average molecular weight is 324 g/mol. The van der Waals surface area contributed by atoms with Crippen molar-refractivity contribution < 1.29 is 9.59 Å². The van der Waals surface area contributed by atoms with Gasteiger partial charge in [-0.1, -0.05) is 11.6 Å². The van der Waals surface area contributed by atoms with Gasteiger partial charge in [-0.05, 0) is 56.5 Å². The third-order valence-electron chi connectivity index (χ3n) is 3.80. The van der Waals surface area contributed by atoms with Crippen molar-refractivity contribution in [2.24, 2.45) is 5.92 Å². The predicted molar refractivity (Wildman–Crippen MR) is 89.2 cm³/mol. The normalized spacial score (nSPS) is 15.4. The highest BCUT2D eigenvalue weighted by Gasteiger charge is 2.14. The molecule has 0 bridgehead atoms. The summed E-state index contributed by atoms with van der Waals surface area (Å²) in [5.41, 5.74) is 1.15. The SMILES string of the molecule is CC(=O)Nc1cc(NC(=O)CCC2CCNCC2)ccc1Cl. The predicted octanol–water partition coefficient (Wildman–Crippen LogP) is 3.02. The van der Waals surface area contributed by atoms with E-state index in [9.17, 15) is 9.59 Å². The summed E-state index contributed by atoms with van der Waals surface area (Å²) in [6, 6.07) is 5.07. The second-order valence-electron chi connectivity index (χ2n) is 5.66. The van der Waals surface area contributed by atoms with Gasteiger partial charge in [-0.3, -0.25) is 9.59 Å². The Bertz CT molecular complexity index is 542. The van der Waals surface area contributed by atoms with Gasteiger partial charge in [0.2, 0.25) is 11.8 Å². The zero-order valence-electron chi connectivity index (χ0n) is 12.7. The molecule has 3 N–H and O–H groups in total. The van der Waals surface area contributed by atoms with Crippen LogP contribution in [0.3, 0.4) is 0 Å². The van der Waals surface area contributed by atoms with Gasteiger partial charge < -0.3 is 16.0 Å². The van der Waals surface area contributed by atoms with Crippen molar-refractivity contribution in [2.45, 2.75) is 32.6 Å². The second kappa shape index (κ2) is 8.15. The first-order valence-corrected chi connectivity index (χ1v) is 8.00. The summed E-state index contributed by atoms with van der Waals surface area (Å²) in [4.78, 5) is 23.1. The Balaban J connectivity index is 1.86. The first kappa shape index (κ1) is 16.8. The number of hydrogen-bond donors (Lipinski definition) is 3. The average Bonchev–Trinajstić information content (AvgIpc) is 2.49. The van der Waals surface area contributed by atoms with E-state index >= 15 is 0 Å². The molecule has 1 heterocycles. The van der Waals surface area contributed by atoms with Crippen LogP contribution in [0, 0.1) is 5.92 Å². The van der Waals surface area contributed by atoms with Crippen LogP contribution in [-0.2, 0) is 9.59 Å². The van der Waals surface area contributed by atoms with E-state index < -0.39 is 0 Å². The van der Waals surface area contributed by atoms with Crippen LogP contribution in [0.15, 0.2) is 18.2 Å². The van der Waals surface area contributed by atoms with Crippen molar-refractivity contribution in [1.29, 1.82) is 0 Å². The first-order chi connectivity index (χ1) is 10.5. The first-order valence-electron chi connectivity index (χ1n) is 7.62. The van der Waals surface area contributed by atoms with E-state index in [1.807, 2.05) is 0 Å². The minimum Gasteiger partial charge on any atom is -0.326 e. The summed E-state index contributed by atoms with van der Waals surface area (Å²) in [6.07, 6.45) is 3.71. The number of nitrogens with one attached hydrogen (secondary N) is 3. The molecule has 1 saturated heterocycles. The van der Waals surface area contributed by atoms with Gasteiger partial charge in [0.1, 0.15) is 0 Å². The van der Waals surface area contributed by atoms with Gasteiger partial charge in [-0.15, -0.1) is 0 Å². The maximum absolute atomic E-state index is 12.0. The number of piperidine rings is 1. The minimum atomic E-state index is -0.198. The summed E-state index contributed by atoms with van der Waals surface area (Å²) in [6.45, 7) is 3.51. The van der Waals surface area contributed by atoms with E-state index in [0.717, 1.165) is 32.4 Å². The Hall–Kier alpha value is -1.59. The van der Waals surface area contributed by atoms with Crippen LogP contribution in [0.1, 0.15) is 32.6 Å². The number of benzene rings is 1. The van der Waals surface area contributed by atoms with Gasteiger partial charge in [0.25, 0.3) is 0 Å². The fourth-order valence-electron chi connectivity index (χ4n) is 2.62. The van der Waals surface area contributed by atoms with Crippen molar-refractivity contribution >= 4 is 34.8 Å². The van der Waals surface area contributed by atoms with E-state index in [1.165, 1.54) is 6.92 Å². The molecular weight excluding hydrogens is 302 g/mol. The van der Waals surface area contributed by atoms with Crippen LogP contribution in [0.5, 0.6) is 0 Å². The topological polar surface area (TPSA) is 70.2 Å². The van der Waals surface area contributed by atoms with Crippen molar-refractivity contribution in [1.82, 2.24) is 5.32 Å².